The zero-order valence-corrected chi connectivity index (χ0v) is 15.7. The fourth-order valence-corrected chi connectivity index (χ4v) is 3.42. The van der Waals surface area contributed by atoms with Crippen LogP contribution < -0.4 is 14.8 Å². The first-order chi connectivity index (χ1) is 11.8. The van der Waals surface area contributed by atoms with Crippen LogP contribution in [-0.2, 0) is 14.8 Å². The lowest BCUT2D eigenvalue weighted by Gasteiger charge is -2.14. The average Bonchev–Trinajstić information content (AvgIpc) is 2.57. The lowest BCUT2D eigenvalue weighted by Crippen LogP contribution is -2.15. The molecule has 0 bridgehead atoms. The first-order valence-electron chi connectivity index (χ1n) is 7.53. The zero-order valence-electron chi connectivity index (χ0n) is 14.1. The molecule has 2 N–H and O–H groups in total. The molecule has 1 amide bonds. The van der Waals surface area contributed by atoms with Gasteiger partial charge in [0.2, 0.25) is 5.91 Å². The maximum absolute atomic E-state index is 12.7. The van der Waals surface area contributed by atoms with Crippen LogP contribution >= 0.6 is 11.6 Å². The Morgan fingerprint density at radius 2 is 1.88 bits per heavy atom. The number of carbonyl (C=O) groups is 1. The Hall–Kier alpha value is -2.25. The molecule has 0 aliphatic heterocycles. The summed E-state index contributed by atoms with van der Waals surface area (Å²) in [6, 6.07) is 9.20. The highest BCUT2D eigenvalue weighted by atomic mass is 35.5. The molecule has 8 heteroatoms. The summed E-state index contributed by atoms with van der Waals surface area (Å²) in [4.78, 5) is 11.6. The maximum Gasteiger partial charge on any atom is 0.261 e. The van der Waals surface area contributed by atoms with Crippen molar-refractivity contribution in [2.24, 2.45) is 0 Å². The number of halogens is 1. The van der Waals surface area contributed by atoms with E-state index in [-0.39, 0.29) is 17.2 Å². The molecule has 0 saturated heterocycles. The fraction of sp³-hybridized carbons (Fsp3) is 0.235. The Labute approximate surface area is 152 Å². The van der Waals surface area contributed by atoms with Crippen molar-refractivity contribution in [2.45, 2.75) is 25.2 Å². The third-order valence-electron chi connectivity index (χ3n) is 3.52. The van der Waals surface area contributed by atoms with Crippen molar-refractivity contribution in [3.63, 3.8) is 0 Å². The molecule has 2 aromatic rings. The minimum Gasteiger partial charge on any atom is -0.495 e. The van der Waals surface area contributed by atoms with Crippen molar-refractivity contribution in [3.8, 4) is 5.75 Å². The molecular weight excluding hydrogens is 364 g/mol. The van der Waals surface area contributed by atoms with E-state index in [0.717, 1.165) is 5.56 Å². The lowest BCUT2D eigenvalue weighted by atomic mass is 10.2. The van der Waals surface area contributed by atoms with Crippen LogP contribution in [0.3, 0.4) is 0 Å². The van der Waals surface area contributed by atoms with Gasteiger partial charge in [-0.05, 0) is 42.8 Å². The topological polar surface area (TPSA) is 84.5 Å². The second kappa shape index (κ2) is 7.76. The van der Waals surface area contributed by atoms with Gasteiger partial charge in [0, 0.05) is 11.4 Å². The predicted octanol–water partition coefficient (Wildman–Crippen LogP) is 3.81. The number of amides is 1. The van der Waals surface area contributed by atoms with E-state index in [0.29, 0.717) is 22.1 Å². The number of aryl methyl sites for hydroxylation is 1. The fourth-order valence-electron chi connectivity index (χ4n) is 2.10. The highest BCUT2D eigenvalue weighted by Crippen LogP contribution is 2.29. The standard InChI is InChI=1S/C17H19ClN2O4S/c1-4-17(21)19-15-10-13(7-8-16(15)24-3)25(22,23)20-14-9-12(18)6-5-11(14)2/h5-10,20H,4H2,1-3H3,(H,19,21). The summed E-state index contributed by atoms with van der Waals surface area (Å²) in [7, 11) is -2.41. The molecule has 0 aliphatic carbocycles. The average molecular weight is 383 g/mol. The minimum absolute atomic E-state index is 0.000853. The number of carbonyl (C=O) groups excluding carboxylic acids is 1. The van der Waals surface area contributed by atoms with Crippen molar-refractivity contribution in [2.75, 3.05) is 17.1 Å². The number of hydrogen-bond acceptors (Lipinski definition) is 4. The Balaban J connectivity index is 2.40. The number of sulfonamides is 1. The van der Waals surface area contributed by atoms with Crippen LogP contribution in [0.5, 0.6) is 5.75 Å². The van der Waals surface area contributed by atoms with Crippen LogP contribution in [0.15, 0.2) is 41.3 Å². The van der Waals surface area contributed by atoms with Crippen molar-refractivity contribution in [1.82, 2.24) is 0 Å². The van der Waals surface area contributed by atoms with Crippen molar-refractivity contribution in [1.29, 1.82) is 0 Å². The van der Waals surface area contributed by atoms with E-state index in [1.165, 1.54) is 31.4 Å². The highest BCUT2D eigenvalue weighted by molar-refractivity contribution is 7.92. The second-order valence-corrected chi connectivity index (χ2v) is 7.45. The minimum atomic E-state index is -3.86. The smallest absolute Gasteiger partial charge is 0.261 e. The summed E-state index contributed by atoms with van der Waals surface area (Å²) in [5.41, 5.74) is 1.42. The van der Waals surface area contributed by atoms with Crippen molar-refractivity contribution >= 4 is 38.9 Å². The van der Waals surface area contributed by atoms with Crippen LogP contribution in [0.25, 0.3) is 0 Å². The summed E-state index contributed by atoms with van der Waals surface area (Å²) < 4.78 is 33.0. The zero-order chi connectivity index (χ0) is 18.6. The molecule has 0 fully saturated rings. The van der Waals surface area contributed by atoms with Gasteiger partial charge in [-0.3, -0.25) is 9.52 Å². The molecule has 0 saturated carbocycles. The Kier molecular flexibility index (Phi) is 5.92. The van der Waals surface area contributed by atoms with Gasteiger partial charge in [0.1, 0.15) is 5.75 Å². The van der Waals surface area contributed by atoms with Gasteiger partial charge in [-0.15, -0.1) is 0 Å². The van der Waals surface area contributed by atoms with Gasteiger partial charge >= 0.3 is 0 Å². The van der Waals surface area contributed by atoms with Gasteiger partial charge in [0.25, 0.3) is 10.0 Å². The van der Waals surface area contributed by atoms with E-state index in [2.05, 4.69) is 10.0 Å². The Morgan fingerprint density at radius 1 is 1.16 bits per heavy atom. The first-order valence-corrected chi connectivity index (χ1v) is 9.39. The van der Waals surface area contributed by atoms with Gasteiger partial charge in [-0.25, -0.2) is 8.42 Å². The van der Waals surface area contributed by atoms with Crippen LogP contribution in [0.1, 0.15) is 18.9 Å². The third-order valence-corrected chi connectivity index (χ3v) is 5.12. The summed E-state index contributed by atoms with van der Waals surface area (Å²) in [6.45, 7) is 3.47. The lowest BCUT2D eigenvalue weighted by molar-refractivity contribution is -0.115. The number of hydrogen-bond donors (Lipinski definition) is 2. The van der Waals surface area contributed by atoms with Gasteiger partial charge in [0.05, 0.1) is 23.4 Å². The van der Waals surface area contributed by atoms with E-state index in [1.807, 2.05) is 0 Å². The molecule has 0 radical (unpaired) electrons. The number of ether oxygens (including phenoxy) is 1. The van der Waals surface area contributed by atoms with E-state index in [4.69, 9.17) is 16.3 Å². The Bertz CT molecular complexity index is 898. The van der Waals surface area contributed by atoms with E-state index in [9.17, 15) is 13.2 Å². The van der Waals surface area contributed by atoms with E-state index < -0.39 is 10.0 Å². The molecular formula is C17H19ClN2O4S. The molecule has 6 nitrogen and oxygen atoms in total. The molecule has 0 spiro atoms. The quantitative estimate of drug-likeness (QED) is 0.795. The summed E-state index contributed by atoms with van der Waals surface area (Å²) >= 11 is 5.93. The van der Waals surface area contributed by atoms with Crippen molar-refractivity contribution in [3.05, 3.63) is 47.0 Å². The van der Waals surface area contributed by atoms with Gasteiger partial charge < -0.3 is 10.1 Å². The molecule has 0 unspecified atom stereocenters. The van der Waals surface area contributed by atoms with Gasteiger partial charge in [-0.1, -0.05) is 24.6 Å². The molecule has 0 aromatic heterocycles. The van der Waals surface area contributed by atoms with Gasteiger partial charge in [0.15, 0.2) is 0 Å². The third kappa shape index (κ3) is 4.64. The molecule has 0 heterocycles. The van der Waals surface area contributed by atoms with Crippen LogP contribution in [-0.4, -0.2) is 21.4 Å². The molecule has 25 heavy (non-hydrogen) atoms. The van der Waals surface area contributed by atoms with E-state index in [1.54, 1.807) is 26.0 Å². The summed E-state index contributed by atoms with van der Waals surface area (Å²) in [6.07, 6.45) is 0.264. The second-order valence-electron chi connectivity index (χ2n) is 5.33. The number of nitrogens with one attached hydrogen (secondary N) is 2. The number of methoxy groups -OCH3 is 1. The molecule has 0 atom stereocenters. The SMILES string of the molecule is CCC(=O)Nc1cc(S(=O)(=O)Nc2cc(Cl)ccc2C)ccc1OC. The van der Waals surface area contributed by atoms with Crippen LogP contribution in [0.4, 0.5) is 11.4 Å². The normalized spacial score (nSPS) is 11.0. The van der Waals surface area contributed by atoms with Crippen LogP contribution in [0.2, 0.25) is 5.02 Å². The van der Waals surface area contributed by atoms with Crippen LogP contribution in [0, 0.1) is 6.92 Å². The molecule has 2 aromatic carbocycles. The largest absolute Gasteiger partial charge is 0.495 e. The first kappa shape index (κ1) is 19.1. The van der Waals surface area contributed by atoms with Crippen molar-refractivity contribution < 1.29 is 17.9 Å². The summed E-state index contributed by atoms with van der Waals surface area (Å²) in [5, 5.41) is 3.06. The Morgan fingerprint density at radius 3 is 2.52 bits per heavy atom. The van der Waals surface area contributed by atoms with E-state index >= 15 is 0 Å². The van der Waals surface area contributed by atoms with Gasteiger partial charge in [-0.2, -0.15) is 0 Å². The molecule has 134 valence electrons. The number of anilines is 2. The predicted molar refractivity (Wildman–Crippen MR) is 98.9 cm³/mol. The number of benzene rings is 2. The maximum atomic E-state index is 12.7. The monoisotopic (exact) mass is 382 g/mol. The highest BCUT2D eigenvalue weighted by Gasteiger charge is 2.18. The summed E-state index contributed by atoms with van der Waals surface area (Å²) in [5.74, 6) is 0.131. The molecule has 0 aliphatic rings. The number of rotatable bonds is 6. The molecule has 2 rings (SSSR count).